The maximum Gasteiger partial charge on any atom is 0.0710 e. The van der Waals surface area contributed by atoms with E-state index in [2.05, 4.69) is 24.1 Å². The van der Waals surface area contributed by atoms with Crippen molar-refractivity contribution in [2.45, 2.75) is 70.9 Å². The zero-order valence-corrected chi connectivity index (χ0v) is 13.8. The standard InChI is InChI=1S/C17H34N2O/c1-15(2)18-13-17(9-6-4-5-7-10-17)14-19-11-8-16(12-19)20-3/h15-16,18H,4-14H2,1-3H3. The summed E-state index contributed by atoms with van der Waals surface area (Å²) in [5, 5.41) is 3.73. The maximum atomic E-state index is 5.53. The number of hydrogen-bond donors (Lipinski definition) is 1. The zero-order valence-electron chi connectivity index (χ0n) is 13.8. The Morgan fingerprint density at radius 2 is 1.90 bits per heavy atom. The Labute approximate surface area is 125 Å². The van der Waals surface area contributed by atoms with E-state index < -0.39 is 0 Å². The number of hydrogen-bond acceptors (Lipinski definition) is 3. The number of nitrogens with one attached hydrogen (secondary N) is 1. The molecule has 1 N–H and O–H groups in total. The van der Waals surface area contributed by atoms with Crippen LogP contribution in [-0.2, 0) is 4.74 Å². The van der Waals surface area contributed by atoms with E-state index in [1.54, 1.807) is 0 Å². The van der Waals surface area contributed by atoms with Crippen molar-refractivity contribution in [2.24, 2.45) is 5.41 Å². The third kappa shape index (κ3) is 4.71. The van der Waals surface area contributed by atoms with Gasteiger partial charge in [0.05, 0.1) is 6.10 Å². The van der Waals surface area contributed by atoms with Crippen LogP contribution in [0.2, 0.25) is 0 Å². The summed E-state index contributed by atoms with van der Waals surface area (Å²) in [6.07, 6.45) is 10.2. The van der Waals surface area contributed by atoms with Gasteiger partial charge in [0.2, 0.25) is 0 Å². The quantitative estimate of drug-likeness (QED) is 0.758. The molecule has 1 heterocycles. The summed E-state index contributed by atoms with van der Waals surface area (Å²) in [5.41, 5.74) is 0.503. The highest BCUT2D eigenvalue weighted by Crippen LogP contribution is 2.36. The van der Waals surface area contributed by atoms with Gasteiger partial charge >= 0.3 is 0 Å². The molecule has 1 unspecified atom stereocenters. The molecule has 1 atom stereocenters. The Bertz CT molecular complexity index is 272. The summed E-state index contributed by atoms with van der Waals surface area (Å²) in [7, 11) is 1.86. The smallest absolute Gasteiger partial charge is 0.0710 e. The van der Waals surface area contributed by atoms with Crippen molar-refractivity contribution in [3.05, 3.63) is 0 Å². The van der Waals surface area contributed by atoms with Gasteiger partial charge in [0.25, 0.3) is 0 Å². The minimum Gasteiger partial charge on any atom is -0.380 e. The van der Waals surface area contributed by atoms with Gasteiger partial charge in [0.1, 0.15) is 0 Å². The second kappa shape index (κ2) is 7.77. The molecule has 0 bridgehead atoms. The Hall–Kier alpha value is -0.120. The van der Waals surface area contributed by atoms with Gasteiger partial charge in [-0.2, -0.15) is 0 Å². The average Bonchev–Trinajstić information content (AvgIpc) is 2.75. The molecule has 0 aromatic rings. The molecule has 20 heavy (non-hydrogen) atoms. The molecule has 1 aliphatic heterocycles. The van der Waals surface area contributed by atoms with Gasteiger partial charge in [0.15, 0.2) is 0 Å². The molecule has 1 saturated carbocycles. The Kier molecular flexibility index (Phi) is 6.31. The van der Waals surface area contributed by atoms with Crippen molar-refractivity contribution in [1.29, 1.82) is 0 Å². The van der Waals surface area contributed by atoms with Crippen LogP contribution >= 0.6 is 0 Å². The SMILES string of the molecule is COC1CCN(CC2(CNC(C)C)CCCCCC2)C1. The van der Waals surface area contributed by atoms with E-state index >= 15 is 0 Å². The van der Waals surface area contributed by atoms with Crippen molar-refractivity contribution in [2.75, 3.05) is 33.3 Å². The third-order valence-electron chi connectivity index (χ3n) is 5.17. The third-order valence-corrected chi connectivity index (χ3v) is 5.17. The van der Waals surface area contributed by atoms with Gasteiger partial charge in [-0.1, -0.05) is 39.5 Å². The molecule has 0 radical (unpaired) electrons. The fourth-order valence-corrected chi connectivity index (χ4v) is 3.90. The van der Waals surface area contributed by atoms with Gasteiger partial charge in [-0.15, -0.1) is 0 Å². The van der Waals surface area contributed by atoms with E-state index in [9.17, 15) is 0 Å². The minimum atomic E-state index is 0.468. The summed E-state index contributed by atoms with van der Waals surface area (Å²) < 4.78 is 5.53. The summed E-state index contributed by atoms with van der Waals surface area (Å²) in [6, 6.07) is 0.598. The number of nitrogens with zero attached hydrogens (tertiary/aromatic N) is 1. The molecule has 2 rings (SSSR count). The predicted molar refractivity (Wildman–Crippen MR) is 85.1 cm³/mol. The first-order chi connectivity index (χ1) is 9.63. The predicted octanol–water partition coefficient (Wildman–Crippen LogP) is 3.05. The van der Waals surface area contributed by atoms with Crippen LogP contribution in [0.4, 0.5) is 0 Å². The molecule has 1 aliphatic carbocycles. The van der Waals surface area contributed by atoms with Crippen molar-refractivity contribution < 1.29 is 4.74 Å². The molecule has 2 fully saturated rings. The molecule has 3 nitrogen and oxygen atoms in total. The number of ether oxygens (including phenoxy) is 1. The van der Waals surface area contributed by atoms with Crippen LogP contribution in [-0.4, -0.2) is 50.3 Å². The molecular formula is C17H34N2O. The molecule has 1 saturated heterocycles. The lowest BCUT2D eigenvalue weighted by Gasteiger charge is -2.37. The number of rotatable bonds is 6. The van der Waals surface area contributed by atoms with Gasteiger partial charge in [-0.3, -0.25) is 0 Å². The van der Waals surface area contributed by atoms with Crippen molar-refractivity contribution in [1.82, 2.24) is 10.2 Å². The minimum absolute atomic E-state index is 0.468. The van der Waals surface area contributed by atoms with Crippen molar-refractivity contribution >= 4 is 0 Å². The molecule has 0 spiro atoms. The molecule has 0 aromatic heterocycles. The fraction of sp³-hybridized carbons (Fsp3) is 1.00. The Morgan fingerprint density at radius 1 is 1.20 bits per heavy atom. The topological polar surface area (TPSA) is 24.5 Å². The summed E-state index contributed by atoms with van der Waals surface area (Å²) in [5.74, 6) is 0. The highest BCUT2D eigenvalue weighted by molar-refractivity contribution is 4.90. The summed E-state index contributed by atoms with van der Waals surface area (Å²) in [4.78, 5) is 2.65. The van der Waals surface area contributed by atoms with E-state index in [1.807, 2.05) is 7.11 Å². The van der Waals surface area contributed by atoms with Gasteiger partial charge < -0.3 is 15.0 Å². The lowest BCUT2D eigenvalue weighted by atomic mass is 9.79. The van der Waals surface area contributed by atoms with Gasteiger partial charge in [-0.25, -0.2) is 0 Å². The summed E-state index contributed by atoms with van der Waals surface area (Å²) >= 11 is 0. The first-order valence-electron chi connectivity index (χ1n) is 8.62. The van der Waals surface area contributed by atoms with E-state index in [0.29, 0.717) is 17.6 Å². The monoisotopic (exact) mass is 282 g/mol. The largest absolute Gasteiger partial charge is 0.380 e. The van der Waals surface area contributed by atoms with Gasteiger partial charge in [-0.05, 0) is 24.7 Å². The second-order valence-electron chi connectivity index (χ2n) is 7.33. The van der Waals surface area contributed by atoms with Crippen LogP contribution in [0.15, 0.2) is 0 Å². The first kappa shape index (κ1) is 16.3. The van der Waals surface area contributed by atoms with Crippen molar-refractivity contribution in [3.8, 4) is 0 Å². The van der Waals surface area contributed by atoms with Crippen LogP contribution < -0.4 is 5.32 Å². The first-order valence-corrected chi connectivity index (χ1v) is 8.62. The number of methoxy groups -OCH3 is 1. The fourth-order valence-electron chi connectivity index (χ4n) is 3.90. The molecule has 0 aromatic carbocycles. The van der Waals surface area contributed by atoms with E-state index in [4.69, 9.17) is 4.74 Å². The lowest BCUT2D eigenvalue weighted by molar-refractivity contribution is 0.0915. The highest BCUT2D eigenvalue weighted by Gasteiger charge is 2.35. The highest BCUT2D eigenvalue weighted by atomic mass is 16.5. The molecular weight excluding hydrogens is 248 g/mol. The van der Waals surface area contributed by atoms with E-state index in [0.717, 1.165) is 6.54 Å². The van der Waals surface area contributed by atoms with Crippen molar-refractivity contribution in [3.63, 3.8) is 0 Å². The normalized spacial score (nSPS) is 27.9. The zero-order chi connectivity index (χ0) is 14.4. The average molecular weight is 282 g/mol. The Balaban J connectivity index is 1.94. The van der Waals surface area contributed by atoms with Crippen LogP contribution in [0.5, 0.6) is 0 Å². The van der Waals surface area contributed by atoms with Crippen LogP contribution in [0, 0.1) is 5.41 Å². The van der Waals surface area contributed by atoms with Crippen LogP contribution in [0.25, 0.3) is 0 Å². The van der Waals surface area contributed by atoms with E-state index in [1.165, 1.54) is 64.6 Å². The molecule has 2 aliphatic rings. The van der Waals surface area contributed by atoms with Crippen LogP contribution in [0.1, 0.15) is 58.8 Å². The van der Waals surface area contributed by atoms with E-state index in [-0.39, 0.29) is 0 Å². The molecule has 3 heteroatoms. The lowest BCUT2D eigenvalue weighted by Crippen LogP contribution is -2.45. The maximum absolute atomic E-state index is 5.53. The molecule has 0 amide bonds. The Morgan fingerprint density at radius 3 is 2.45 bits per heavy atom. The van der Waals surface area contributed by atoms with Gasteiger partial charge in [0, 0.05) is 39.3 Å². The van der Waals surface area contributed by atoms with Crippen LogP contribution in [0.3, 0.4) is 0 Å². The number of likely N-dealkylation sites (tertiary alicyclic amines) is 1. The second-order valence-corrected chi connectivity index (χ2v) is 7.33. The summed E-state index contributed by atoms with van der Waals surface area (Å²) in [6.45, 7) is 9.36. The molecule has 118 valence electrons.